The number of nitrogens with one attached hydrogen (secondary N) is 1. The monoisotopic (exact) mass is 275 g/mol. The van der Waals surface area contributed by atoms with Gasteiger partial charge in [0, 0.05) is 12.1 Å². The number of allylic oxidation sites excluding steroid dienone is 3. The van der Waals surface area contributed by atoms with Crippen molar-refractivity contribution in [3.05, 3.63) is 23.8 Å². The van der Waals surface area contributed by atoms with Crippen LogP contribution in [0.1, 0.15) is 66.2 Å². The van der Waals surface area contributed by atoms with Crippen molar-refractivity contribution >= 4 is 0 Å². The van der Waals surface area contributed by atoms with Gasteiger partial charge in [0.1, 0.15) is 0 Å². The first-order valence-corrected chi connectivity index (χ1v) is 8.75. The van der Waals surface area contributed by atoms with Gasteiger partial charge in [-0.05, 0) is 43.9 Å². The first-order chi connectivity index (χ1) is 9.61. The van der Waals surface area contributed by atoms with Gasteiger partial charge in [-0.1, -0.05) is 63.8 Å². The van der Waals surface area contributed by atoms with Crippen LogP contribution in [-0.4, -0.2) is 12.1 Å². The van der Waals surface area contributed by atoms with Crippen molar-refractivity contribution in [1.82, 2.24) is 5.32 Å². The molecule has 0 aromatic heterocycles. The van der Waals surface area contributed by atoms with Gasteiger partial charge in [0.2, 0.25) is 0 Å². The Hall–Kier alpha value is -0.560. The molecule has 0 radical (unpaired) electrons. The van der Waals surface area contributed by atoms with E-state index in [9.17, 15) is 0 Å². The van der Waals surface area contributed by atoms with Gasteiger partial charge in [-0.25, -0.2) is 0 Å². The molecule has 2 aliphatic carbocycles. The summed E-state index contributed by atoms with van der Waals surface area (Å²) in [6, 6.07) is 1.34. The highest BCUT2D eigenvalue weighted by atomic mass is 15.0. The fraction of sp³-hybridized carbons (Fsp3) is 0.789. The first kappa shape index (κ1) is 15.8. The maximum atomic E-state index is 3.93. The van der Waals surface area contributed by atoms with E-state index in [1.807, 2.05) is 0 Å². The second kappa shape index (κ2) is 7.45. The third kappa shape index (κ3) is 3.97. The zero-order chi connectivity index (χ0) is 14.5. The molecular formula is C19H33N. The van der Waals surface area contributed by atoms with E-state index in [1.54, 1.807) is 5.57 Å². The molecule has 0 aromatic carbocycles. The minimum Gasteiger partial charge on any atom is -0.311 e. The van der Waals surface area contributed by atoms with Crippen LogP contribution in [0.25, 0.3) is 0 Å². The van der Waals surface area contributed by atoms with Crippen LogP contribution in [-0.2, 0) is 0 Å². The minimum atomic E-state index is 0.595. The van der Waals surface area contributed by atoms with Gasteiger partial charge in [0.15, 0.2) is 0 Å². The fourth-order valence-electron chi connectivity index (χ4n) is 4.14. The van der Waals surface area contributed by atoms with E-state index in [4.69, 9.17) is 0 Å². The highest BCUT2D eigenvalue weighted by Crippen LogP contribution is 2.32. The summed E-state index contributed by atoms with van der Waals surface area (Å²) in [4.78, 5) is 0. The lowest BCUT2D eigenvalue weighted by molar-refractivity contribution is 0.251. The van der Waals surface area contributed by atoms with E-state index >= 15 is 0 Å². The molecule has 0 aliphatic heterocycles. The summed E-state index contributed by atoms with van der Waals surface area (Å²) in [5.41, 5.74) is 1.64. The predicted octanol–water partition coefficient (Wildman–Crippen LogP) is 5.09. The zero-order valence-electron chi connectivity index (χ0n) is 13.9. The molecule has 1 N–H and O–H groups in total. The Bertz CT molecular complexity index is 355. The topological polar surface area (TPSA) is 12.0 Å². The maximum absolute atomic E-state index is 3.93. The highest BCUT2D eigenvalue weighted by molar-refractivity contribution is 5.23. The number of rotatable bonds is 5. The summed E-state index contributed by atoms with van der Waals surface area (Å²) in [7, 11) is 0. The van der Waals surface area contributed by atoms with Gasteiger partial charge in [0.25, 0.3) is 0 Å². The summed E-state index contributed by atoms with van der Waals surface area (Å²) in [6.07, 6.45) is 15.2. The Morgan fingerprint density at radius 2 is 2.10 bits per heavy atom. The van der Waals surface area contributed by atoms with Crippen LogP contribution in [0.4, 0.5) is 0 Å². The average molecular weight is 275 g/mol. The predicted molar refractivity (Wildman–Crippen MR) is 88.8 cm³/mol. The van der Waals surface area contributed by atoms with Crippen LogP contribution < -0.4 is 5.32 Å². The Morgan fingerprint density at radius 1 is 1.30 bits per heavy atom. The summed E-state index contributed by atoms with van der Waals surface area (Å²) in [5, 5.41) is 3.93. The molecule has 0 bridgehead atoms. The molecule has 2 aliphatic rings. The molecule has 1 saturated carbocycles. The first-order valence-electron chi connectivity index (χ1n) is 8.75. The van der Waals surface area contributed by atoms with Crippen LogP contribution >= 0.6 is 0 Å². The van der Waals surface area contributed by atoms with Crippen LogP contribution in [0, 0.1) is 17.8 Å². The molecule has 0 amide bonds. The Morgan fingerprint density at radius 3 is 2.80 bits per heavy atom. The molecule has 0 heterocycles. The van der Waals surface area contributed by atoms with Crippen LogP contribution in [0.5, 0.6) is 0 Å². The summed E-state index contributed by atoms with van der Waals surface area (Å²) >= 11 is 0. The van der Waals surface area contributed by atoms with Crippen LogP contribution in [0.2, 0.25) is 0 Å². The quantitative estimate of drug-likeness (QED) is 0.736. The van der Waals surface area contributed by atoms with Gasteiger partial charge in [0.05, 0.1) is 0 Å². The normalized spacial score (nSPS) is 35.7. The summed E-state index contributed by atoms with van der Waals surface area (Å²) in [6.45, 7) is 9.49. The minimum absolute atomic E-state index is 0.595. The summed E-state index contributed by atoms with van der Waals surface area (Å²) < 4.78 is 0. The molecule has 5 atom stereocenters. The molecule has 3 unspecified atom stereocenters. The Labute approximate surface area is 125 Å². The van der Waals surface area contributed by atoms with Gasteiger partial charge in [-0.2, -0.15) is 0 Å². The molecule has 0 saturated heterocycles. The van der Waals surface area contributed by atoms with E-state index in [2.05, 4.69) is 51.2 Å². The third-order valence-electron chi connectivity index (χ3n) is 5.36. The molecule has 2 rings (SSSR count). The molecular weight excluding hydrogens is 242 g/mol. The van der Waals surface area contributed by atoms with E-state index in [0.29, 0.717) is 17.9 Å². The van der Waals surface area contributed by atoms with Gasteiger partial charge >= 0.3 is 0 Å². The smallest absolute Gasteiger partial charge is 0.0110 e. The maximum Gasteiger partial charge on any atom is 0.0110 e. The van der Waals surface area contributed by atoms with E-state index in [0.717, 1.165) is 12.0 Å². The SMILES string of the molecule is CCCC1=CC=CC([C@@H](C)NC2CCC[C@H](C)C2)C1C. The summed E-state index contributed by atoms with van der Waals surface area (Å²) in [5.74, 6) is 2.27. The van der Waals surface area contributed by atoms with Crippen molar-refractivity contribution in [2.45, 2.75) is 78.3 Å². The molecule has 0 spiro atoms. The van der Waals surface area contributed by atoms with Gasteiger partial charge in [-0.15, -0.1) is 0 Å². The van der Waals surface area contributed by atoms with Gasteiger partial charge < -0.3 is 5.32 Å². The lowest BCUT2D eigenvalue weighted by Crippen LogP contribution is -2.44. The van der Waals surface area contributed by atoms with Crippen LogP contribution in [0.3, 0.4) is 0 Å². The van der Waals surface area contributed by atoms with Gasteiger partial charge in [-0.3, -0.25) is 0 Å². The Balaban J connectivity index is 1.90. The lowest BCUT2D eigenvalue weighted by atomic mass is 9.77. The van der Waals surface area contributed by atoms with E-state index < -0.39 is 0 Å². The van der Waals surface area contributed by atoms with Crippen molar-refractivity contribution in [1.29, 1.82) is 0 Å². The number of hydrogen-bond donors (Lipinski definition) is 1. The molecule has 1 heteroatoms. The molecule has 114 valence electrons. The van der Waals surface area contributed by atoms with Crippen molar-refractivity contribution < 1.29 is 0 Å². The zero-order valence-corrected chi connectivity index (χ0v) is 13.9. The van der Waals surface area contributed by atoms with Crippen LogP contribution in [0.15, 0.2) is 23.8 Å². The second-order valence-corrected chi connectivity index (χ2v) is 7.17. The molecule has 0 aromatic rings. The van der Waals surface area contributed by atoms with Crippen molar-refractivity contribution in [3.8, 4) is 0 Å². The standard InChI is InChI=1S/C19H33N/c1-5-8-17-10-7-12-19(15(17)3)16(4)20-18-11-6-9-14(2)13-18/h7,10,12,14-16,18-20H,5-6,8-9,11,13H2,1-4H3/t14-,15?,16+,18?,19?/m0/s1. The average Bonchev–Trinajstić information content (AvgIpc) is 2.41. The molecule has 20 heavy (non-hydrogen) atoms. The van der Waals surface area contributed by atoms with Crippen molar-refractivity contribution in [2.75, 3.05) is 0 Å². The third-order valence-corrected chi connectivity index (χ3v) is 5.36. The van der Waals surface area contributed by atoms with E-state index in [1.165, 1.54) is 38.5 Å². The fourth-order valence-corrected chi connectivity index (χ4v) is 4.14. The Kier molecular flexibility index (Phi) is 5.89. The molecule has 1 fully saturated rings. The number of hydrogen-bond acceptors (Lipinski definition) is 1. The largest absolute Gasteiger partial charge is 0.311 e. The molecule has 1 nitrogen and oxygen atoms in total. The van der Waals surface area contributed by atoms with Crippen molar-refractivity contribution in [2.24, 2.45) is 17.8 Å². The highest BCUT2D eigenvalue weighted by Gasteiger charge is 2.28. The lowest BCUT2D eigenvalue weighted by Gasteiger charge is -2.36. The second-order valence-electron chi connectivity index (χ2n) is 7.17. The van der Waals surface area contributed by atoms with E-state index in [-0.39, 0.29) is 0 Å². The van der Waals surface area contributed by atoms with Crippen molar-refractivity contribution in [3.63, 3.8) is 0 Å².